The molecule has 1 heterocycles. The van der Waals surface area contributed by atoms with E-state index in [4.69, 9.17) is 4.74 Å². The molecule has 0 radical (unpaired) electrons. The van der Waals surface area contributed by atoms with Crippen molar-refractivity contribution in [3.05, 3.63) is 64.7 Å². The van der Waals surface area contributed by atoms with Crippen molar-refractivity contribution < 1.29 is 9.53 Å². The Morgan fingerprint density at radius 1 is 1.10 bits per heavy atom. The van der Waals surface area contributed by atoms with Gasteiger partial charge < -0.3 is 4.74 Å². The van der Waals surface area contributed by atoms with Crippen LogP contribution in [0, 0.1) is 0 Å². The molecule has 4 heteroatoms. The van der Waals surface area contributed by atoms with E-state index in [0.29, 0.717) is 18.0 Å². The maximum absolute atomic E-state index is 12.3. The molecule has 0 bridgehead atoms. The van der Waals surface area contributed by atoms with Gasteiger partial charge in [-0.3, -0.25) is 4.79 Å². The number of ketones is 1. The fourth-order valence-corrected chi connectivity index (χ4v) is 3.08. The fraction of sp³-hybridized carbons (Fsp3) is 0.176. The number of hydrogen-bond donors (Lipinski definition) is 0. The highest BCUT2D eigenvalue weighted by molar-refractivity contribution is 7.20. The molecule has 2 aromatic carbocycles. The summed E-state index contributed by atoms with van der Waals surface area (Å²) in [5, 5.41) is 0.581. The molecule has 0 aliphatic heterocycles. The number of Topliss-reactive ketones (excluding diaryl/α,β-unsaturated/α-hetero) is 1. The number of fused-ring (bicyclic) bond motifs is 1. The van der Waals surface area contributed by atoms with Crippen LogP contribution in [0.3, 0.4) is 0 Å². The van der Waals surface area contributed by atoms with Gasteiger partial charge in [-0.15, -0.1) is 11.3 Å². The summed E-state index contributed by atoms with van der Waals surface area (Å²) in [4.78, 5) is 16.7. The predicted molar refractivity (Wildman–Crippen MR) is 84.8 cm³/mol. The van der Waals surface area contributed by atoms with Crippen molar-refractivity contribution in [1.82, 2.24) is 4.98 Å². The van der Waals surface area contributed by atoms with Crippen molar-refractivity contribution in [2.45, 2.75) is 13.0 Å². The zero-order valence-electron chi connectivity index (χ0n) is 11.7. The lowest BCUT2D eigenvalue weighted by Crippen LogP contribution is -2.03. The molecule has 0 saturated carbocycles. The van der Waals surface area contributed by atoms with Crippen LogP contribution >= 0.6 is 11.3 Å². The minimum Gasteiger partial charge on any atom is -0.380 e. The van der Waals surface area contributed by atoms with Crippen LogP contribution in [0.2, 0.25) is 0 Å². The highest BCUT2D eigenvalue weighted by Crippen LogP contribution is 2.22. The van der Waals surface area contributed by atoms with Gasteiger partial charge in [0.1, 0.15) is 0 Å². The van der Waals surface area contributed by atoms with Gasteiger partial charge in [-0.1, -0.05) is 36.4 Å². The molecule has 1 aromatic heterocycles. The first-order chi connectivity index (χ1) is 10.3. The zero-order chi connectivity index (χ0) is 14.7. The number of para-hydroxylation sites is 1. The van der Waals surface area contributed by atoms with E-state index in [1.54, 1.807) is 7.11 Å². The molecule has 3 nitrogen and oxygen atoms in total. The smallest absolute Gasteiger partial charge is 0.195 e. The third-order valence-corrected chi connectivity index (χ3v) is 4.31. The Hall–Kier alpha value is -2.04. The van der Waals surface area contributed by atoms with E-state index in [1.165, 1.54) is 11.3 Å². The topological polar surface area (TPSA) is 39.2 Å². The van der Waals surface area contributed by atoms with Gasteiger partial charge in [0.15, 0.2) is 10.8 Å². The Morgan fingerprint density at radius 3 is 2.52 bits per heavy atom. The first-order valence-corrected chi connectivity index (χ1v) is 7.53. The monoisotopic (exact) mass is 297 g/mol. The van der Waals surface area contributed by atoms with E-state index < -0.39 is 0 Å². The van der Waals surface area contributed by atoms with Crippen LogP contribution < -0.4 is 0 Å². The third kappa shape index (κ3) is 3.17. The van der Waals surface area contributed by atoms with Crippen molar-refractivity contribution in [2.24, 2.45) is 0 Å². The van der Waals surface area contributed by atoms with Crippen LogP contribution in [0.4, 0.5) is 0 Å². The molecule has 0 atom stereocenters. The number of aromatic nitrogens is 1. The Labute approximate surface area is 127 Å². The molecular formula is C17H15NO2S. The summed E-state index contributed by atoms with van der Waals surface area (Å²) >= 11 is 1.46. The third-order valence-electron chi connectivity index (χ3n) is 3.23. The summed E-state index contributed by atoms with van der Waals surface area (Å²) in [7, 11) is 1.67. The van der Waals surface area contributed by atoms with Crippen molar-refractivity contribution in [3.63, 3.8) is 0 Å². The molecule has 106 valence electrons. The minimum absolute atomic E-state index is 0.0655. The summed E-state index contributed by atoms with van der Waals surface area (Å²) < 4.78 is 6.13. The van der Waals surface area contributed by atoms with Crippen molar-refractivity contribution in [3.8, 4) is 0 Å². The number of rotatable bonds is 5. The molecule has 0 aliphatic carbocycles. The molecule has 0 saturated heterocycles. The number of benzene rings is 2. The van der Waals surface area contributed by atoms with E-state index in [1.807, 2.05) is 48.5 Å². The maximum Gasteiger partial charge on any atom is 0.195 e. The largest absolute Gasteiger partial charge is 0.380 e. The summed E-state index contributed by atoms with van der Waals surface area (Å²) in [5.74, 6) is 0.0655. The molecule has 0 unspecified atom stereocenters. The minimum atomic E-state index is 0.0655. The molecule has 3 aromatic rings. The van der Waals surface area contributed by atoms with Crippen LogP contribution in [0.1, 0.15) is 20.9 Å². The first kappa shape index (κ1) is 13.9. The lowest BCUT2D eigenvalue weighted by atomic mass is 10.1. The van der Waals surface area contributed by atoms with Gasteiger partial charge in [0, 0.05) is 13.5 Å². The summed E-state index contributed by atoms with van der Waals surface area (Å²) in [5.41, 5.74) is 2.99. The standard InChI is InChI=1S/C17H15NO2S/c1-20-11-13-8-6-12(7-9-13)10-15(19)17-18-14-4-2-3-5-16(14)21-17/h2-9H,10-11H2,1H3. The highest BCUT2D eigenvalue weighted by Gasteiger charge is 2.12. The second-order valence-electron chi connectivity index (χ2n) is 4.84. The van der Waals surface area contributed by atoms with E-state index in [-0.39, 0.29) is 5.78 Å². The summed E-state index contributed by atoms with van der Waals surface area (Å²) in [6, 6.07) is 15.7. The second kappa shape index (κ2) is 6.16. The molecule has 0 fully saturated rings. The SMILES string of the molecule is COCc1ccc(CC(=O)c2nc3ccccc3s2)cc1. The zero-order valence-corrected chi connectivity index (χ0v) is 12.5. The fourth-order valence-electron chi connectivity index (χ4n) is 2.17. The second-order valence-corrected chi connectivity index (χ2v) is 5.87. The Morgan fingerprint density at radius 2 is 1.81 bits per heavy atom. The van der Waals surface area contributed by atoms with E-state index >= 15 is 0 Å². The quantitative estimate of drug-likeness (QED) is 0.671. The Kier molecular flexibility index (Phi) is 4.08. The molecule has 3 rings (SSSR count). The van der Waals surface area contributed by atoms with Crippen LogP contribution in [-0.2, 0) is 17.8 Å². The molecule has 0 aliphatic rings. The summed E-state index contributed by atoms with van der Waals surface area (Å²) in [6.45, 7) is 0.589. The van der Waals surface area contributed by atoms with Crippen molar-refractivity contribution in [2.75, 3.05) is 7.11 Å². The average molecular weight is 297 g/mol. The molecule has 0 N–H and O–H groups in total. The number of nitrogens with zero attached hydrogens (tertiary/aromatic N) is 1. The molecule has 0 amide bonds. The maximum atomic E-state index is 12.3. The van der Waals surface area contributed by atoms with Crippen molar-refractivity contribution in [1.29, 1.82) is 0 Å². The van der Waals surface area contributed by atoms with Gasteiger partial charge in [-0.05, 0) is 23.3 Å². The van der Waals surface area contributed by atoms with Gasteiger partial charge in [-0.25, -0.2) is 4.98 Å². The molecule has 0 spiro atoms. The number of ether oxygens (including phenoxy) is 1. The van der Waals surface area contributed by atoms with Gasteiger partial charge in [0.05, 0.1) is 16.8 Å². The predicted octanol–water partition coefficient (Wildman–Crippen LogP) is 3.87. The lowest BCUT2D eigenvalue weighted by molar-refractivity contribution is 0.0993. The Bertz CT molecular complexity index is 729. The van der Waals surface area contributed by atoms with Crippen LogP contribution in [0.25, 0.3) is 10.2 Å². The van der Waals surface area contributed by atoms with Crippen LogP contribution in [0.15, 0.2) is 48.5 Å². The van der Waals surface area contributed by atoms with Crippen molar-refractivity contribution >= 4 is 27.3 Å². The van der Waals surface area contributed by atoms with Crippen LogP contribution in [0.5, 0.6) is 0 Å². The first-order valence-electron chi connectivity index (χ1n) is 6.72. The molecule has 21 heavy (non-hydrogen) atoms. The Balaban J connectivity index is 1.76. The van der Waals surface area contributed by atoms with Gasteiger partial charge in [-0.2, -0.15) is 0 Å². The number of carbonyl (C=O) groups excluding carboxylic acids is 1. The van der Waals surface area contributed by atoms with Gasteiger partial charge in [0.2, 0.25) is 0 Å². The van der Waals surface area contributed by atoms with Gasteiger partial charge >= 0.3 is 0 Å². The van der Waals surface area contributed by atoms with Crippen LogP contribution in [-0.4, -0.2) is 17.9 Å². The number of thiazole rings is 1. The van der Waals surface area contributed by atoms with E-state index in [9.17, 15) is 4.79 Å². The normalized spacial score (nSPS) is 10.9. The number of carbonyl (C=O) groups is 1. The number of methoxy groups -OCH3 is 1. The highest BCUT2D eigenvalue weighted by atomic mass is 32.1. The summed E-state index contributed by atoms with van der Waals surface area (Å²) in [6.07, 6.45) is 0.382. The molecular weight excluding hydrogens is 282 g/mol. The lowest BCUT2D eigenvalue weighted by Gasteiger charge is -2.02. The van der Waals surface area contributed by atoms with E-state index in [2.05, 4.69) is 4.98 Å². The number of hydrogen-bond acceptors (Lipinski definition) is 4. The van der Waals surface area contributed by atoms with Gasteiger partial charge in [0.25, 0.3) is 0 Å². The average Bonchev–Trinajstić information content (AvgIpc) is 2.94. The van der Waals surface area contributed by atoms with E-state index in [0.717, 1.165) is 21.3 Å².